The Hall–Kier alpha value is -1.86. The predicted octanol–water partition coefficient (Wildman–Crippen LogP) is 2.60. The van der Waals surface area contributed by atoms with Gasteiger partial charge in [-0.15, -0.1) is 11.3 Å². The quantitative estimate of drug-likeness (QED) is 0.725. The van der Waals surface area contributed by atoms with Gasteiger partial charge in [-0.2, -0.15) is 0 Å². The molecule has 1 heterocycles. The van der Waals surface area contributed by atoms with Crippen LogP contribution in [0.3, 0.4) is 0 Å². The van der Waals surface area contributed by atoms with E-state index < -0.39 is 11.8 Å². The van der Waals surface area contributed by atoms with Gasteiger partial charge < -0.3 is 5.11 Å². The molecule has 0 fully saturated rings. The normalized spacial score (nSPS) is 10.1. The lowest BCUT2D eigenvalue weighted by Gasteiger charge is -2.08. The Balaban J connectivity index is 2.02. The molecule has 0 unspecified atom stereocenters. The average Bonchev–Trinajstić information content (AvgIpc) is 2.85. The van der Waals surface area contributed by atoms with Crippen LogP contribution in [0.1, 0.15) is 25.6 Å². The fourth-order valence-electron chi connectivity index (χ4n) is 1.51. The van der Waals surface area contributed by atoms with Crippen molar-refractivity contribution in [3.8, 4) is 5.75 Å². The Bertz CT molecular complexity index is 669. The highest BCUT2D eigenvalue weighted by Crippen LogP contribution is 2.21. The van der Waals surface area contributed by atoms with Gasteiger partial charge in [-0.3, -0.25) is 20.4 Å². The van der Waals surface area contributed by atoms with E-state index in [9.17, 15) is 14.7 Å². The topological polar surface area (TPSA) is 78.4 Å². The molecule has 7 heteroatoms. The molecule has 1 aromatic heterocycles. The van der Waals surface area contributed by atoms with Gasteiger partial charge in [-0.1, -0.05) is 11.6 Å². The van der Waals surface area contributed by atoms with Crippen molar-refractivity contribution in [2.45, 2.75) is 6.92 Å². The van der Waals surface area contributed by atoms with Crippen LogP contribution in [0, 0.1) is 6.92 Å². The maximum Gasteiger partial charge on any atom is 0.279 e. The highest BCUT2D eigenvalue weighted by molar-refractivity contribution is 9.11. The molecule has 0 aliphatic carbocycles. The number of carbonyl (C=O) groups excluding carboxylic acids is 2. The van der Waals surface area contributed by atoms with Crippen molar-refractivity contribution >= 4 is 39.1 Å². The van der Waals surface area contributed by atoms with Gasteiger partial charge in [0, 0.05) is 0 Å². The minimum absolute atomic E-state index is 0.109. The highest BCUT2D eigenvalue weighted by atomic mass is 79.9. The molecule has 0 bridgehead atoms. The SMILES string of the molecule is Cc1ccc(O)c(C(=O)NNC(=O)c2ccc(Br)s2)c1. The lowest BCUT2D eigenvalue weighted by Crippen LogP contribution is -2.41. The van der Waals surface area contributed by atoms with E-state index in [1.54, 1.807) is 31.2 Å². The van der Waals surface area contributed by atoms with E-state index in [4.69, 9.17) is 0 Å². The number of hydrogen-bond acceptors (Lipinski definition) is 4. The molecule has 20 heavy (non-hydrogen) atoms. The molecule has 2 amide bonds. The van der Waals surface area contributed by atoms with E-state index in [0.29, 0.717) is 4.88 Å². The summed E-state index contributed by atoms with van der Waals surface area (Å²) in [4.78, 5) is 24.1. The van der Waals surface area contributed by atoms with Crippen molar-refractivity contribution in [2.75, 3.05) is 0 Å². The molecule has 0 saturated carbocycles. The van der Waals surface area contributed by atoms with Gasteiger partial charge in [0.25, 0.3) is 11.8 Å². The molecule has 2 rings (SSSR count). The maximum atomic E-state index is 11.9. The van der Waals surface area contributed by atoms with E-state index in [1.165, 1.54) is 17.4 Å². The Morgan fingerprint density at radius 2 is 1.85 bits per heavy atom. The Kier molecular flexibility index (Phi) is 4.41. The molecule has 0 aliphatic heterocycles. The summed E-state index contributed by atoms with van der Waals surface area (Å²) >= 11 is 4.51. The van der Waals surface area contributed by atoms with Crippen LogP contribution in [0.5, 0.6) is 5.75 Å². The number of halogens is 1. The Labute approximate surface area is 127 Å². The highest BCUT2D eigenvalue weighted by Gasteiger charge is 2.13. The summed E-state index contributed by atoms with van der Waals surface area (Å²) in [5, 5.41) is 9.61. The number of benzene rings is 1. The lowest BCUT2D eigenvalue weighted by molar-refractivity contribution is 0.0847. The third-order valence-corrected chi connectivity index (χ3v) is 4.11. The van der Waals surface area contributed by atoms with Crippen molar-refractivity contribution in [1.29, 1.82) is 0 Å². The summed E-state index contributed by atoms with van der Waals surface area (Å²) in [7, 11) is 0. The first-order valence-electron chi connectivity index (χ1n) is 5.63. The first kappa shape index (κ1) is 14.5. The summed E-state index contributed by atoms with van der Waals surface area (Å²) < 4.78 is 0.824. The van der Waals surface area contributed by atoms with Crippen LogP contribution < -0.4 is 10.9 Å². The zero-order valence-electron chi connectivity index (χ0n) is 10.4. The molecule has 1 aromatic carbocycles. The van der Waals surface area contributed by atoms with Gasteiger partial charge in [-0.25, -0.2) is 0 Å². The molecular formula is C13H11BrN2O3S. The number of phenols is 1. The molecule has 0 radical (unpaired) electrons. The van der Waals surface area contributed by atoms with Gasteiger partial charge in [0.2, 0.25) is 0 Å². The third kappa shape index (κ3) is 3.37. The number of carbonyl (C=O) groups is 2. The minimum atomic E-state index is -0.574. The summed E-state index contributed by atoms with van der Waals surface area (Å²) in [5.74, 6) is -1.13. The Morgan fingerprint density at radius 3 is 2.50 bits per heavy atom. The van der Waals surface area contributed by atoms with E-state index >= 15 is 0 Å². The predicted molar refractivity (Wildman–Crippen MR) is 79.8 cm³/mol. The largest absolute Gasteiger partial charge is 0.507 e. The monoisotopic (exact) mass is 354 g/mol. The fourth-order valence-corrected chi connectivity index (χ4v) is 2.79. The Morgan fingerprint density at radius 1 is 1.15 bits per heavy atom. The second-order valence-electron chi connectivity index (χ2n) is 4.03. The van der Waals surface area contributed by atoms with Crippen LogP contribution in [0.4, 0.5) is 0 Å². The number of nitrogens with one attached hydrogen (secondary N) is 2. The number of rotatable bonds is 2. The van der Waals surface area contributed by atoms with Crippen molar-refractivity contribution in [1.82, 2.24) is 10.9 Å². The van der Waals surface area contributed by atoms with Crippen molar-refractivity contribution in [3.05, 3.63) is 50.1 Å². The summed E-state index contributed by atoms with van der Waals surface area (Å²) in [6.45, 7) is 1.80. The van der Waals surface area contributed by atoms with Gasteiger partial charge >= 0.3 is 0 Å². The van der Waals surface area contributed by atoms with E-state index in [-0.39, 0.29) is 11.3 Å². The summed E-state index contributed by atoms with van der Waals surface area (Å²) in [6.07, 6.45) is 0. The molecular weight excluding hydrogens is 344 g/mol. The number of phenolic OH excluding ortho intramolecular Hbond substituents is 1. The molecule has 2 aromatic rings. The zero-order valence-corrected chi connectivity index (χ0v) is 12.8. The number of hydrogen-bond donors (Lipinski definition) is 3. The summed E-state index contributed by atoms with van der Waals surface area (Å²) in [6, 6.07) is 8.04. The first-order chi connectivity index (χ1) is 9.47. The number of aryl methyl sites for hydroxylation is 1. The van der Waals surface area contributed by atoms with Crippen LogP contribution in [-0.2, 0) is 0 Å². The van der Waals surface area contributed by atoms with Crippen LogP contribution in [0.2, 0.25) is 0 Å². The van der Waals surface area contributed by atoms with Crippen molar-refractivity contribution in [3.63, 3.8) is 0 Å². The summed E-state index contributed by atoms with van der Waals surface area (Å²) in [5.41, 5.74) is 5.51. The van der Waals surface area contributed by atoms with E-state index in [0.717, 1.165) is 9.35 Å². The van der Waals surface area contributed by atoms with E-state index in [1.807, 2.05) is 0 Å². The van der Waals surface area contributed by atoms with Crippen molar-refractivity contribution < 1.29 is 14.7 Å². The number of thiophene rings is 1. The standard InChI is InChI=1S/C13H11BrN2O3S/c1-7-2-3-9(17)8(6-7)12(18)15-16-13(19)10-4-5-11(14)20-10/h2-6,17H,1H3,(H,15,18)(H,16,19). The minimum Gasteiger partial charge on any atom is -0.507 e. The second kappa shape index (κ2) is 6.06. The zero-order chi connectivity index (χ0) is 14.7. The average molecular weight is 355 g/mol. The lowest BCUT2D eigenvalue weighted by atomic mass is 10.1. The molecule has 0 atom stereocenters. The fraction of sp³-hybridized carbons (Fsp3) is 0.0769. The van der Waals surface area contributed by atoms with Gasteiger partial charge in [0.15, 0.2) is 0 Å². The molecule has 5 nitrogen and oxygen atoms in total. The number of aromatic hydroxyl groups is 1. The molecule has 104 valence electrons. The third-order valence-electron chi connectivity index (χ3n) is 2.48. The van der Waals surface area contributed by atoms with Gasteiger partial charge in [0.05, 0.1) is 14.2 Å². The van der Waals surface area contributed by atoms with E-state index in [2.05, 4.69) is 26.8 Å². The molecule has 0 aliphatic rings. The second-order valence-corrected chi connectivity index (χ2v) is 6.50. The smallest absolute Gasteiger partial charge is 0.279 e. The van der Waals surface area contributed by atoms with Crippen LogP contribution >= 0.6 is 27.3 Å². The van der Waals surface area contributed by atoms with Crippen LogP contribution in [0.25, 0.3) is 0 Å². The number of amides is 2. The molecule has 0 saturated heterocycles. The van der Waals surface area contributed by atoms with Crippen molar-refractivity contribution in [2.24, 2.45) is 0 Å². The van der Waals surface area contributed by atoms with Crippen LogP contribution in [-0.4, -0.2) is 16.9 Å². The molecule has 3 N–H and O–H groups in total. The first-order valence-corrected chi connectivity index (χ1v) is 7.24. The number of hydrazine groups is 1. The van der Waals surface area contributed by atoms with Gasteiger partial charge in [-0.05, 0) is 47.1 Å². The molecule has 0 spiro atoms. The van der Waals surface area contributed by atoms with Gasteiger partial charge in [0.1, 0.15) is 5.75 Å². The van der Waals surface area contributed by atoms with Crippen LogP contribution in [0.15, 0.2) is 34.1 Å². The maximum absolute atomic E-state index is 11.9.